The average molecular weight is 289 g/mol. The lowest BCUT2D eigenvalue weighted by molar-refractivity contribution is 0.141. The fourth-order valence-corrected chi connectivity index (χ4v) is 2.99. The molecule has 0 bridgehead atoms. The molecule has 1 aliphatic heterocycles. The van der Waals surface area contributed by atoms with Crippen LogP contribution in [-0.2, 0) is 0 Å². The van der Waals surface area contributed by atoms with Crippen molar-refractivity contribution < 1.29 is 5.11 Å². The Balaban J connectivity index is 2.22. The number of piperazine rings is 1. The number of nitrogens with one attached hydrogen (secondary N) is 1. The Labute approximate surface area is 118 Å². The summed E-state index contributed by atoms with van der Waals surface area (Å²) >= 11 is 12.1. The molecule has 1 fully saturated rings. The molecular weight excluding hydrogens is 271 g/mol. The molecule has 0 amide bonds. The van der Waals surface area contributed by atoms with Gasteiger partial charge >= 0.3 is 0 Å². The third-order valence-corrected chi connectivity index (χ3v) is 3.70. The summed E-state index contributed by atoms with van der Waals surface area (Å²) in [5.41, 5.74) is 1.09. The Morgan fingerprint density at radius 1 is 1.17 bits per heavy atom. The van der Waals surface area contributed by atoms with Gasteiger partial charge in [0.2, 0.25) is 0 Å². The summed E-state index contributed by atoms with van der Waals surface area (Å²) in [5.74, 6) is 0. The van der Waals surface area contributed by atoms with Gasteiger partial charge in [0, 0.05) is 48.9 Å². The van der Waals surface area contributed by atoms with Crippen molar-refractivity contribution >= 4 is 23.2 Å². The third kappa shape index (κ3) is 3.59. The standard InChI is InChI=1S/C13H18Cl2N2O/c14-11-7-10(8-12(15)9-11)13(1-6-18)17-4-2-16-3-5-17/h7-9,13,16,18H,1-6H2/t13-/m1/s1. The van der Waals surface area contributed by atoms with Gasteiger partial charge in [-0.1, -0.05) is 23.2 Å². The van der Waals surface area contributed by atoms with Gasteiger partial charge in [0.15, 0.2) is 0 Å². The zero-order valence-corrected chi connectivity index (χ0v) is 11.7. The summed E-state index contributed by atoms with van der Waals surface area (Å²) in [4.78, 5) is 2.37. The molecule has 1 atom stereocenters. The highest BCUT2D eigenvalue weighted by Gasteiger charge is 2.22. The quantitative estimate of drug-likeness (QED) is 0.893. The maximum absolute atomic E-state index is 9.26. The largest absolute Gasteiger partial charge is 0.396 e. The van der Waals surface area contributed by atoms with Gasteiger partial charge in [-0.25, -0.2) is 0 Å². The molecule has 1 aromatic carbocycles. The van der Waals surface area contributed by atoms with E-state index < -0.39 is 0 Å². The summed E-state index contributed by atoms with van der Waals surface area (Å²) in [6.45, 7) is 4.09. The topological polar surface area (TPSA) is 35.5 Å². The minimum Gasteiger partial charge on any atom is -0.396 e. The molecule has 3 nitrogen and oxygen atoms in total. The molecule has 1 aromatic rings. The summed E-state index contributed by atoms with van der Waals surface area (Å²) in [7, 11) is 0. The van der Waals surface area contributed by atoms with Crippen molar-refractivity contribution in [2.45, 2.75) is 12.5 Å². The lowest BCUT2D eigenvalue weighted by Gasteiger charge is -2.35. The van der Waals surface area contributed by atoms with Crippen LogP contribution in [0.25, 0.3) is 0 Å². The van der Waals surface area contributed by atoms with Gasteiger partial charge in [-0.3, -0.25) is 4.90 Å². The van der Waals surface area contributed by atoms with E-state index in [4.69, 9.17) is 23.2 Å². The molecule has 1 saturated heterocycles. The van der Waals surface area contributed by atoms with Crippen molar-refractivity contribution in [2.75, 3.05) is 32.8 Å². The van der Waals surface area contributed by atoms with Gasteiger partial charge in [-0.05, 0) is 30.2 Å². The SMILES string of the molecule is OCC[C@H](c1cc(Cl)cc(Cl)c1)N1CCNCC1. The predicted molar refractivity (Wildman–Crippen MR) is 75.3 cm³/mol. The van der Waals surface area contributed by atoms with Crippen LogP contribution < -0.4 is 5.32 Å². The highest BCUT2D eigenvalue weighted by molar-refractivity contribution is 6.34. The zero-order valence-electron chi connectivity index (χ0n) is 10.2. The number of hydrogen-bond donors (Lipinski definition) is 2. The average Bonchev–Trinajstić information content (AvgIpc) is 2.36. The number of aliphatic hydroxyl groups excluding tert-OH is 1. The van der Waals surface area contributed by atoms with Crippen LogP contribution in [0, 0.1) is 0 Å². The van der Waals surface area contributed by atoms with Gasteiger partial charge in [-0.15, -0.1) is 0 Å². The molecule has 0 radical (unpaired) electrons. The molecule has 0 saturated carbocycles. The van der Waals surface area contributed by atoms with Crippen LogP contribution in [0.2, 0.25) is 10.0 Å². The molecule has 0 unspecified atom stereocenters. The van der Waals surface area contributed by atoms with E-state index in [-0.39, 0.29) is 12.6 Å². The Morgan fingerprint density at radius 2 is 1.78 bits per heavy atom. The Hall–Kier alpha value is -0.320. The predicted octanol–water partition coefficient (Wildman–Crippen LogP) is 2.32. The van der Waals surface area contributed by atoms with Gasteiger partial charge in [-0.2, -0.15) is 0 Å². The van der Waals surface area contributed by atoms with Gasteiger partial charge in [0.05, 0.1) is 0 Å². The molecule has 2 N–H and O–H groups in total. The normalized spacial score (nSPS) is 18.8. The lowest BCUT2D eigenvalue weighted by Crippen LogP contribution is -2.45. The first-order valence-corrected chi connectivity index (χ1v) is 6.98. The van der Waals surface area contributed by atoms with Crippen LogP contribution in [0.15, 0.2) is 18.2 Å². The van der Waals surface area contributed by atoms with E-state index in [1.54, 1.807) is 6.07 Å². The molecule has 100 valence electrons. The number of benzene rings is 1. The van der Waals surface area contributed by atoms with E-state index in [1.807, 2.05) is 12.1 Å². The van der Waals surface area contributed by atoms with Crippen molar-refractivity contribution in [1.82, 2.24) is 10.2 Å². The second kappa shape index (κ2) is 6.73. The monoisotopic (exact) mass is 288 g/mol. The highest BCUT2D eigenvalue weighted by Crippen LogP contribution is 2.29. The molecule has 1 heterocycles. The van der Waals surface area contributed by atoms with Crippen LogP contribution in [0.1, 0.15) is 18.0 Å². The molecular formula is C13H18Cl2N2O. The second-order valence-electron chi connectivity index (χ2n) is 4.52. The van der Waals surface area contributed by atoms with Crippen molar-refractivity contribution in [3.05, 3.63) is 33.8 Å². The van der Waals surface area contributed by atoms with Crippen LogP contribution in [0.5, 0.6) is 0 Å². The molecule has 0 aliphatic carbocycles. The number of aliphatic hydroxyl groups is 1. The Morgan fingerprint density at radius 3 is 2.33 bits per heavy atom. The summed E-state index contributed by atoms with van der Waals surface area (Å²) in [6, 6.07) is 5.81. The summed E-state index contributed by atoms with van der Waals surface area (Å²) < 4.78 is 0. The second-order valence-corrected chi connectivity index (χ2v) is 5.39. The van der Waals surface area contributed by atoms with Crippen LogP contribution >= 0.6 is 23.2 Å². The smallest absolute Gasteiger partial charge is 0.0449 e. The molecule has 1 aliphatic rings. The van der Waals surface area contributed by atoms with Gasteiger partial charge in [0.25, 0.3) is 0 Å². The fourth-order valence-electron chi connectivity index (χ4n) is 2.44. The van der Waals surface area contributed by atoms with E-state index >= 15 is 0 Å². The number of nitrogens with zero attached hydrogens (tertiary/aromatic N) is 1. The first kappa shape index (κ1) is 14.1. The van der Waals surface area contributed by atoms with E-state index in [2.05, 4.69) is 10.2 Å². The van der Waals surface area contributed by atoms with Crippen molar-refractivity contribution in [3.8, 4) is 0 Å². The molecule has 0 aromatic heterocycles. The van der Waals surface area contributed by atoms with Crippen LogP contribution in [-0.4, -0.2) is 42.8 Å². The van der Waals surface area contributed by atoms with Crippen LogP contribution in [0.3, 0.4) is 0 Å². The van der Waals surface area contributed by atoms with E-state index in [9.17, 15) is 5.11 Å². The number of rotatable bonds is 4. The minimum absolute atomic E-state index is 0.165. The van der Waals surface area contributed by atoms with Crippen molar-refractivity contribution in [3.63, 3.8) is 0 Å². The maximum atomic E-state index is 9.26. The van der Waals surface area contributed by atoms with Crippen LogP contribution in [0.4, 0.5) is 0 Å². The minimum atomic E-state index is 0.165. The molecule has 18 heavy (non-hydrogen) atoms. The Bertz CT molecular complexity index is 374. The van der Waals surface area contributed by atoms with Crippen molar-refractivity contribution in [1.29, 1.82) is 0 Å². The number of halogens is 2. The number of hydrogen-bond acceptors (Lipinski definition) is 3. The first-order valence-electron chi connectivity index (χ1n) is 6.22. The van der Waals surface area contributed by atoms with Gasteiger partial charge in [0.1, 0.15) is 0 Å². The molecule has 5 heteroatoms. The van der Waals surface area contributed by atoms with E-state index in [1.165, 1.54) is 0 Å². The van der Waals surface area contributed by atoms with E-state index in [0.717, 1.165) is 31.7 Å². The Kier molecular flexibility index (Phi) is 5.27. The third-order valence-electron chi connectivity index (χ3n) is 3.26. The molecule has 2 rings (SSSR count). The summed E-state index contributed by atoms with van der Waals surface area (Å²) in [6.07, 6.45) is 0.705. The van der Waals surface area contributed by atoms with Crippen molar-refractivity contribution in [2.24, 2.45) is 0 Å². The van der Waals surface area contributed by atoms with E-state index in [0.29, 0.717) is 16.5 Å². The lowest BCUT2D eigenvalue weighted by atomic mass is 10.0. The molecule has 0 spiro atoms. The first-order chi connectivity index (χ1) is 8.70. The maximum Gasteiger partial charge on any atom is 0.0449 e. The van der Waals surface area contributed by atoms with Gasteiger partial charge < -0.3 is 10.4 Å². The fraction of sp³-hybridized carbons (Fsp3) is 0.538. The zero-order chi connectivity index (χ0) is 13.0. The highest BCUT2D eigenvalue weighted by atomic mass is 35.5. The summed E-state index contributed by atoms with van der Waals surface area (Å²) in [5, 5.41) is 13.9.